The smallest absolute Gasteiger partial charge is 0.165 e. The number of hydrogen-bond acceptors (Lipinski definition) is 1. The van der Waals surface area contributed by atoms with E-state index in [2.05, 4.69) is 7.05 Å². The van der Waals surface area contributed by atoms with Crippen LogP contribution in [0.3, 0.4) is 0 Å². The van der Waals surface area contributed by atoms with Crippen LogP contribution in [0.25, 0.3) is 0 Å². The quantitative estimate of drug-likeness (QED) is 0.348. The Bertz CT molecular complexity index is 33.9. The van der Waals surface area contributed by atoms with Crippen molar-refractivity contribution in [2.45, 2.75) is 0 Å². The summed E-state index contributed by atoms with van der Waals surface area (Å²) < 4.78 is 4.73. The molecule has 1 aliphatic rings. The Balaban J connectivity index is 2.08. The topological polar surface area (TPSA) is 13.7 Å². The van der Waals surface area contributed by atoms with E-state index in [1.54, 1.807) is 0 Å². The van der Waals surface area contributed by atoms with Crippen molar-refractivity contribution in [3.05, 3.63) is 7.05 Å². The predicted molar refractivity (Wildman–Crippen MR) is 17.1 cm³/mol. The van der Waals surface area contributed by atoms with Gasteiger partial charge in [-0.1, -0.05) is 0 Å². The van der Waals surface area contributed by atoms with E-state index in [4.69, 9.17) is 4.74 Å². The third-order valence-electron chi connectivity index (χ3n) is 0.612. The van der Waals surface area contributed by atoms with Gasteiger partial charge in [0.25, 0.3) is 0 Å². The molecule has 1 aliphatic heterocycles. The van der Waals surface area contributed by atoms with E-state index in [1.165, 1.54) is 4.90 Å². The highest BCUT2D eigenvalue weighted by Gasteiger charge is 2.03. The zero-order valence-electron chi connectivity index (χ0n) is 3.03. The van der Waals surface area contributed by atoms with Gasteiger partial charge in [-0.05, 0) is 0 Å². The van der Waals surface area contributed by atoms with Gasteiger partial charge < -0.3 is 4.90 Å². The fourth-order valence-corrected chi connectivity index (χ4v) is 0.246. The maximum atomic E-state index is 4.73. The molecule has 0 radical (unpaired) electrons. The maximum absolute atomic E-state index is 4.73. The molecule has 1 N–H and O–H groups in total. The van der Waals surface area contributed by atoms with Crippen LogP contribution in [-0.2, 0) is 4.74 Å². The van der Waals surface area contributed by atoms with E-state index in [0.29, 0.717) is 0 Å². The number of quaternary nitrogens is 1. The lowest BCUT2D eigenvalue weighted by Crippen LogP contribution is -3.14. The summed E-state index contributed by atoms with van der Waals surface area (Å²) in [5.74, 6) is 0. The van der Waals surface area contributed by atoms with Gasteiger partial charge in [0.1, 0.15) is 0 Å². The van der Waals surface area contributed by atoms with Crippen molar-refractivity contribution < 1.29 is 9.64 Å². The van der Waals surface area contributed by atoms with E-state index >= 15 is 0 Å². The second-order valence-electron chi connectivity index (χ2n) is 1.24. The summed E-state index contributed by atoms with van der Waals surface area (Å²) in [6, 6.07) is 0. The number of ether oxygens (including phenoxy) is 1. The molecule has 0 aromatic heterocycles. The van der Waals surface area contributed by atoms with Crippen molar-refractivity contribution in [3.63, 3.8) is 0 Å². The van der Waals surface area contributed by atoms with E-state index in [-0.39, 0.29) is 0 Å². The minimum absolute atomic E-state index is 0.792. The zero-order valence-corrected chi connectivity index (χ0v) is 3.03. The molecule has 0 saturated carbocycles. The largest absolute Gasteiger partial charge is 0.422 e. The molecule has 1 rings (SSSR count). The van der Waals surface area contributed by atoms with Crippen LogP contribution in [0.1, 0.15) is 0 Å². The lowest BCUT2D eigenvalue weighted by atomic mass is 10.8. The average Bonchev–Trinajstić information content (AvgIpc) is 1.30. The molecule has 0 aromatic rings. The Kier molecular flexibility index (Phi) is 0.596. The highest BCUT2D eigenvalue weighted by molar-refractivity contribution is 4.10. The Hall–Kier alpha value is -0.0800. The van der Waals surface area contributed by atoms with Crippen LogP contribution in [0.5, 0.6) is 0 Å². The molecule has 0 spiro atoms. The molecule has 0 aromatic carbocycles. The first-order chi connectivity index (χ1) is 2.39. The Morgan fingerprint density at radius 2 is 2.00 bits per heavy atom. The number of nitrogens with one attached hydrogen (secondary N) is 1. The minimum atomic E-state index is 0.792. The SMILES string of the molecule is [CH2-][NH+]1COC1. The summed E-state index contributed by atoms with van der Waals surface area (Å²) >= 11 is 0. The van der Waals surface area contributed by atoms with Crippen LogP contribution in [0.15, 0.2) is 0 Å². The van der Waals surface area contributed by atoms with E-state index in [0.717, 1.165) is 13.5 Å². The normalized spacial score (nSPS) is 25.8. The lowest BCUT2D eigenvalue weighted by Gasteiger charge is -2.28. The summed E-state index contributed by atoms with van der Waals surface area (Å²) in [6.45, 7) is 1.58. The summed E-state index contributed by atoms with van der Waals surface area (Å²) in [6.07, 6.45) is 0. The first kappa shape index (κ1) is 3.12. The van der Waals surface area contributed by atoms with Crippen molar-refractivity contribution in [1.82, 2.24) is 0 Å². The molecular weight excluding hydrogens is 66.0 g/mol. The molecule has 0 amide bonds. The van der Waals surface area contributed by atoms with Gasteiger partial charge in [0.15, 0.2) is 13.5 Å². The first-order valence-corrected chi connectivity index (χ1v) is 1.64. The predicted octanol–water partition coefficient (Wildman–Crippen LogP) is -1.39. The van der Waals surface area contributed by atoms with Crippen LogP contribution in [-0.4, -0.2) is 13.5 Å². The molecule has 0 atom stereocenters. The van der Waals surface area contributed by atoms with Crippen molar-refractivity contribution in [3.8, 4) is 0 Å². The average molecular weight is 73.1 g/mol. The molecule has 1 heterocycles. The maximum Gasteiger partial charge on any atom is 0.165 e. The standard InChI is InChI=1S/C3H7NO/c1-4-2-5-3-4/h4H,1-3H2. The summed E-state index contributed by atoms with van der Waals surface area (Å²) in [5.41, 5.74) is 0. The van der Waals surface area contributed by atoms with Crippen molar-refractivity contribution in [2.75, 3.05) is 13.5 Å². The molecular formula is C3H7NO. The molecule has 5 heavy (non-hydrogen) atoms. The first-order valence-electron chi connectivity index (χ1n) is 1.64. The van der Waals surface area contributed by atoms with Crippen LogP contribution >= 0.6 is 0 Å². The molecule has 2 nitrogen and oxygen atoms in total. The van der Waals surface area contributed by atoms with Crippen LogP contribution < -0.4 is 4.90 Å². The van der Waals surface area contributed by atoms with Gasteiger partial charge in [-0.15, -0.1) is 7.05 Å². The second kappa shape index (κ2) is 0.954. The molecule has 0 bridgehead atoms. The highest BCUT2D eigenvalue weighted by atomic mass is 16.5. The van der Waals surface area contributed by atoms with Gasteiger partial charge in [-0.25, -0.2) is 0 Å². The summed E-state index contributed by atoms with van der Waals surface area (Å²) in [7, 11) is 3.64. The summed E-state index contributed by atoms with van der Waals surface area (Å²) in [4.78, 5) is 1.21. The molecule has 1 saturated heterocycles. The van der Waals surface area contributed by atoms with Gasteiger partial charge >= 0.3 is 0 Å². The van der Waals surface area contributed by atoms with Gasteiger partial charge in [0.05, 0.1) is 0 Å². The van der Waals surface area contributed by atoms with Gasteiger partial charge in [0, 0.05) is 0 Å². The Labute approximate surface area is 31.3 Å². The fraction of sp³-hybridized carbons (Fsp3) is 0.667. The Morgan fingerprint density at radius 1 is 1.60 bits per heavy atom. The Morgan fingerprint density at radius 3 is 2.00 bits per heavy atom. The monoisotopic (exact) mass is 73.1 g/mol. The number of hydrogen-bond donors (Lipinski definition) is 1. The molecule has 2 heteroatoms. The fourth-order valence-electron chi connectivity index (χ4n) is 0.246. The van der Waals surface area contributed by atoms with Crippen LogP contribution in [0, 0.1) is 7.05 Å². The van der Waals surface area contributed by atoms with E-state index in [9.17, 15) is 0 Å². The third-order valence-corrected chi connectivity index (χ3v) is 0.612. The third kappa shape index (κ3) is 0.412. The van der Waals surface area contributed by atoms with Gasteiger partial charge in [-0.3, -0.25) is 4.74 Å². The van der Waals surface area contributed by atoms with E-state index in [1.807, 2.05) is 0 Å². The molecule has 0 aliphatic carbocycles. The number of rotatable bonds is 0. The van der Waals surface area contributed by atoms with Crippen LogP contribution in [0.2, 0.25) is 0 Å². The van der Waals surface area contributed by atoms with E-state index < -0.39 is 0 Å². The van der Waals surface area contributed by atoms with Crippen molar-refractivity contribution >= 4 is 0 Å². The highest BCUT2D eigenvalue weighted by Crippen LogP contribution is 1.64. The summed E-state index contributed by atoms with van der Waals surface area (Å²) in [5, 5.41) is 0. The lowest BCUT2D eigenvalue weighted by molar-refractivity contribution is -0.966. The van der Waals surface area contributed by atoms with Gasteiger partial charge in [-0.2, -0.15) is 0 Å². The molecule has 0 unspecified atom stereocenters. The molecule has 30 valence electrons. The molecule has 1 fully saturated rings. The zero-order chi connectivity index (χ0) is 3.70. The second-order valence-corrected chi connectivity index (χ2v) is 1.24. The van der Waals surface area contributed by atoms with Crippen molar-refractivity contribution in [1.29, 1.82) is 0 Å². The minimum Gasteiger partial charge on any atom is -0.422 e. The van der Waals surface area contributed by atoms with Crippen molar-refractivity contribution in [2.24, 2.45) is 0 Å². The van der Waals surface area contributed by atoms with Crippen LogP contribution in [0.4, 0.5) is 0 Å². The van der Waals surface area contributed by atoms with Gasteiger partial charge in [0.2, 0.25) is 0 Å².